The molecule has 2 aliphatic rings. The van der Waals surface area contributed by atoms with Gasteiger partial charge in [-0.25, -0.2) is 0 Å². The lowest BCUT2D eigenvalue weighted by molar-refractivity contribution is -0.0316. The van der Waals surface area contributed by atoms with Crippen LogP contribution in [-0.2, 0) is 6.61 Å². The highest BCUT2D eigenvalue weighted by Gasteiger charge is 2.39. The molecular formula is C25H35Cl3N2O2. The van der Waals surface area contributed by atoms with Gasteiger partial charge in [-0.2, -0.15) is 0 Å². The number of hydrogen-bond donors (Lipinski definition) is 2. The summed E-state index contributed by atoms with van der Waals surface area (Å²) in [6, 6.07) is 16.2. The number of halogens is 3. The van der Waals surface area contributed by atoms with E-state index in [0.29, 0.717) is 17.4 Å². The number of aliphatic hydroxyl groups is 1. The van der Waals surface area contributed by atoms with Gasteiger partial charge in [0.15, 0.2) is 0 Å². The Morgan fingerprint density at radius 2 is 1.69 bits per heavy atom. The highest BCUT2D eigenvalue weighted by molar-refractivity contribution is 6.32. The Bertz CT molecular complexity index is 810. The molecule has 1 heterocycles. The minimum absolute atomic E-state index is 0. The average molecular weight is 502 g/mol. The molecule has 178 valence electrons. The van der Waals surface area contributed by atoms with E-state index in [1.54, 1.807) is 0 Å². The first-order chi connectivity index (χ1) is 14.6. The third-order valence-corrected chi connectivity index (χ3v) is 6.91. The summed E-state index contributed by atoms with van der Waals surface area (Å²) >= 11 is 6.64. The maximum atomic E-state index is 11.6. The van der Waals surface area contributed by atoms with Crippen molar-refractivity contribution in [2.75, 3.05) is 32.7 Å². The Morgan fingerprint density at radius 1 is 1.00 bits per heavy atom. The topological polar surface area (TPSA) is 44.7 Å². The van der Waals surface area contributed by atoms with Crippen LogP contribution in [0, 0.1) is 0 Å². The molecule has 1 atom stereocenters. The number of rotatable bonds is 7. The number of hydrogen-bond acceptors (Lipinski definition) is 4. The number of ether oxygens (including phenoxy) is 1. The zero-order valence-electron chi connectivity index (χ0n) is 18.5. The predicted molar refractivity (Wildman–Crippen MR) is 137 cm³/mol. The first-order valence-corrected chi connectivity index (χ1v) is 11.6. The number of nitrogens with one attached hydrogen (secondary N) is 1. The molecule has 2 fully saturated rings. The van der Waals surface area contributed by atoms with Gasteiger partial charge in [0.1, 0.15) is 12.4 Å². The van der Waals surface area contributed by atoms with Crippen LogP contribution in [0.3, 0.4) is 0 Å². The summed E-state index contributed by atoms with van der Waals surface area (Å²) in [6.07, 6.45) is 5.15. The second kappa shape index (κ2) is 13.0. The Morgan fingerprint density at radius 3 is 2.34 bits per heavy atom. The lowest BCUT2D eigenvalue weighted by Gasteiger charge is -2.42. The van der Waals surface area contributed by atoms with Gasteiger partial charge in [0.25, 0.3) is 0 Å². The quantitative estimate of drug-likeness (QED) is 0.530. The van der Waals surface area contributed by atoms with Crippen LogP contribution in [0.1, 0.15) is 49.1 Å². The summed E-state index contributed by atoms with van der Waals surface area (Å²) < 4.78 is 5.97. The van der Waals surface area contributed by atoms with E-state index in [9.17, 15) is 5.11 Å². The van der Waals surface area contributed by atoms with Crippen molar-refractivity contribution < 1.29 is 9.84 Å². The van der Waals surface area contributed by atoms with Gasteiger partial charge in [-0.05, 0) is 36.1 Å². The molecule has 1 saturated carbocycles. The molecule has 4 rings (SSSR count). The van der Waals surface area contributed by atoms with Crippen LogP contribution in [0.25, 0.3) is 0 Å². The molecule has 2 aromatic carbocycles. The van der Waals surface area contributed by atoms with E-state index in [0.717, 1.165) is 69.5 Å². The van der Waals surface area contributed by atoms with Crippen LogP contribution < -0.4 is 10.1 Å². The molecule has 0 bridgehead atoms. The third-order valence-electron chi connectivity index (χ3n) is 6.61. The first-order valence-electron chi connectivity index (χ1n) is 11.3. The van der Waals surface area contributed by atoms with E-state index in [-0.39, 0.29) is 30.7 Å². The predicted octanol–water partition coefficient (Wildman–Crippen LogP) is 5.45. The van der Waals surface area contributed by atoms with Gasteiger partial charge in [0.2, 0.25) is 0 Å². The summed E-state index contributed by atoms with van der Waals surface area (Å²) in [4.78, 5) is 2.47. The van der Waals surface area contributed by atoms with Crippen LogP contribution in [0.5, 0.6) is 5.75 Å². The van der Waals surface area contributed by atoms with Crippen LogP contribution in [-0.4, -0.2) is 48.3 Å². The van der Waals surface area contributed by atoms with Gasteiger partial charge in [-0.3, -0.25) is 0 Å². The van der Waals surface area contributed by atoms with Gasteiger partial charge in [-0.1, -0.05) is 67.3 Å². The average Bonchev–Trinajstić information content (AvgIpc) is 2.78. The van der Waals surface area contributed by atoms with Crippen molar-refractivity contribution in [3.63, 3.8) is 0 Å². The summed E-state index contributed by atoms with van der Waals surface area (Å²) in [5.41, 5.74) is 1.58. The van der Waals surface area contributed by atoms with Crippen molar-refractivity contribution in [1.29, 1.82) is 0 Å². The number of nitrogens with zero attached hydrogens (tertiary/aromatic N) is 1. The monoisotopic (exact) mass is 500 g/mol. The van der Waals surface area contributed by atoms with Crippen molar-refractivity contribution >= 4 is 36.4 Å². The van der Waals surface area contributed by atoms with Crippen molar-refractivity contribution in [3.8, 4) is 5.75 Å². The minimum atomic E-state index is -0.654. The Hall–Kier alpha value is -1.01. The van der Waals surface area contributed by atoms with Crippen LogP contribution >= 0.6 is 36.4 Å². The molecule has 1 aliphatic carbocycles. The standard InChI is InChI=1S/C25H33ClN2O2.2ClH/c26-23-17-21(9-10-24(23)30-19-20-7-3-1-4-8-20)22(18-28-15-13-27-14-16-28)25(29)11-5-2-6-12-25;;/h1,3-4,7-10,17,22,27,29H,2,5-6,11-16,18-19H2;2*1H. The van der Waals surface area contributed by atoms with Gasteiger partial charge in [0, 0.05) is 38.6 Å². The lowest BCUT2D eigenvalue weighted by Crippen LogP contribution is -2.49. The van der Waals surface area contributed by atoms with Crippen molar-refractivity contribution in [1.82, 2.24) is 10.2 Å². The summed E-state index contributed by atoms with van der Waals surface area (Å²) in [6.45, 7) is 5.44. The second-order valence-electron chi connectivity index (χ2n) is 8.73. The van der Waals surface area contributed by atoms with Crippen LogP contribution in [0.4, 0.5) is 0 Å². The van der Waals surface area contributed by atoms with Crippen molar-refractivity contribution in [2.24, 2.45) is 0 Å². The smallest absolute Gasteiger partial charge is 0.138 e. The molecule has 0 aromatic heterocycles. The molecule has 0 amide bonds. The fourth-order valence-electron chi connectivity index (χ4n) is 4.84. The number of benzene rings is 2. The molecule has 32 heavy (non-hydrogen) atoms. The summed E-state index contributed by atoms with van der Waals surface area (Å²) in [7, 11) is 0. The molecule has 0 radical (unpaired) electrons. The zero-order valence-corrected chi connectivity index (χ0v) is 20.9. The summed E-state index contributed by atoms with van der Waals surface area (Å²) in [5, 5.41) is 15.6. The molecular weight excluding hydrogens is 467 g/mol. The van der Waals surface area contributed by atoms with E-state index >= 15 is 0 Å². The van der Waals surface area contributed by atoms with Crippen LogP contribution in [0.2, 0.25) is 5.02 Å². The fraction of sp³-hybridized carbons (Fsp3) is 0.520. The first kappa shape index (κ1) is 27.2. The van der Waals surface area contributed by atoms with E-state index in [4.69, 9.17) is 16.3 Å². The van der Waals surface area contributed by atoms with Gasteiger partial charge in [0.05, 0.1) is 10.6 Å². The molecule has 0 spiro atoms. The highest BCUT2D eigenvalue weighted by Crippen LogP contribution is 2.42. The molecule has 1 aliphatic heterocycles. The van der Waals surface area contributed by atoms with Gasteiger partial charge in [-0.15, -0.1) is 24.8 Å². The Kier molecular flexibility index (Phi) is 11.1. The van der Waals surface area contributed by atoms with Gasteiger partial charge < -0.3 is 20.1 Å². The van der Waals surface area contributed by atoms with Gasteiger partial charge >= 0.3 is 0 Å². The molecule has 7 heteroatoms. The largest absolute Gasteiger partial charge is 0.487 e. The normalized spacial score (nSPS) is 19.3. The third kappa shape index (κ3) is 6.99. The molecule has 1 unspecified atom stereocenters. The second-order valence-corrected chi connectivity index (χ2v) is 9.14. The van der Waals surface area contributed by atoms with E-state index in [1.807, 2.05) is 42.5 Å². The molecule has 4 nitrogen and oxygen atoms in total. The molecule has 1 saturated heterocycles. The molecule has 2 N–H and O–H groups in total. The Labute approximate surface area is 209 Å². The zero-order chi connectivity index (χ0) is 20.8. The SMILES string of the molecule is Cl.Cl.OC1(C(CN2CCNCC2)c2ccc(OCc3ccccc3)c(Cl)c2)CCCCC1. The van der Waals surface area contributed by atoms with E-state index < -0.39 is 5.60 Å². The van der Waals surface area contributed by atoms with E-state index in [2.05, 4.69) is 16.3 Å². The maximum Gasteiger partial charge on any atom is 0.138 e. The number of piperazine rings is 1. The Balaban J connectivity index is 0.00000181. The van der Waals surface area contributed by atoms with E-state index in [1.165, 1.54) is 6.42 Å². The molecule has 2 aromatic rings. The lowest BCUT2D eigenvalue weighted by atomic mass is 9.72. The maximum absolute atomic E-state index is 11.6. The summed E-state index contributed by atoms with van der Waals surface area (Å²) in [5.74, 6) is 0.761. The minimum Gasteiger partial charge on any atom is -0.487 e. The van der Waals surface area contributed by atoms with Crippen molar-refractivity contribution in [3.05, 3.63) is 64.7 Å². The highest BCUT2D eigenvalue weighted by atomic mass is 35.5. The van der Waals surface area contributed by atoms with Crippen LogP contribution in [0.15, 0.2) is 48.5 Å². The fourth-order valence-corrected chi connectivity index (χ4v) is 5.08. The van der Waals surface area contributed by atoms with Crippen molar-refractivity contribution in [2.45, 2.75) is 50.2 Å².